The third-order valence-corrected chi connectivity index (χ3v) is 3.17. The Balaban J connectivity index is 1.96. The van der Waals surface area contributed by atoms with Gasteiger partial charge in [0, 0.05) is 19.2 Å². The summed E-state index contributed by atoms with van der Waals surface area (Å²) in [5.74, 6) is -0.660. The number of benzene rings is 1. The van der Waals surface area contributed by atoms with E-state index in [1.54, 1.807) is 18.2 Å². The van der Waals surface area contributed by atoms with Crippen molar-refractivity contribution in [2.24, 2.45) is 0 Å². The molecule has 0 aliphatic rings. The van der Waals surface area contributed by atoms with Crippen LogP contribution in [0.25, 0.3) is 0 Å². The quantitative estimate of drug-likeness (QED) is 0.884. The van der Waals surface area contributed by atoms with E-state index in [4.69, 9.17) is 0 Å². The van der Waals surface area contributed by atoms with Crippen molar-refractivity contribution in [1.29, 1.82) is 0 Å². The van der Waals surface area contributed by atoms with Crippen LogP contribution in [0.15, 0.2) is 41.2 Å². The normalized spacial score (nSPS) is 10.5. The van der Waals surface area contributed by atoms with E-state index in [0.29, 0.717) is 25.1 Å². The fourth-order valence-electron chi connectivity index (χ4n) is 2.04. The van der Waals surface area contributed by atoms with Gasteiger partial charge in [0.2, 0.25) is 0 Å². The number of hydrogen-bond acceptors (Lipinski definition) is 3. The first-order valence-electron chi connectivity index (χ1n) is 7.21. The summed E-state index contributed by atoms with van der Waals surface area (Å²) in [5.41, 5.74) is 0.498. The number of amides is 1. The fourth-order valence-corrected chi connectivity index (χ4v) is 2.04. The van der Waals surface area contributed by atoms with Gasteiger partial charge < -0.3 is 5.32 Å². The highest BCUT2D eigenvalue weighted by atomic mass is 19.1. The molecule has 6 heteroatoms. The molecule has 1 aromatic heterocycles. The zero-order chi connectivity index (χ0) is 15.9. The Morgan fingerprint density at radius 3 is 2.77 bits per heavy atom. The third-order valence-electron chi connectivity index (χ3n) is 3.17. The zero-order valence-electron chi connectivity index (χ0n) is 12.4. The SMILES string of the molecule is CCCn1nc(C(=O)NCCc2ccccc2F)ccc1=O. The van der Waals surface area contributed by atoms with Crippen molar-refractivity contribution in [2.75, 3.05) is 6.54 Å². The summed E-state index contributed by atoms with van der Waals surface area (Å²) in [7, 11) is 0. The van der Waals surface area contributed by atoms with Gasteiger partial charge in [-0.1, -0.05) is 25.1 Å². The standard InChI is InChI=1S/C16H18FN3O2/c1-2-11-20-15(21)8-7-14(19-20)16(22)18-10-9-12-5-3-4-6-13(12)17/h3-8H,2,9-11H2,1H3,(H,18,22). The Bertz CT molecular complexity index is 713. The molecule has 22 heavy (non-hydrogen) atoms. The van der Waals surface area contributed by atoms with E-state index in [1.165, 1.54) is 22.9 Å². The number of halogens is 1. The van der Waals surface area contributed by atoms with E-state index in [-0.39, 0.29) is 23.0 Å². The number of aromatic nitrogens is 2. The molecule has 1 N–H and O–H groups in total. The minimum atomic E-state index is -0.374. The van der Waals surface area contributed by atoms with E-state index in [9.17, 15) is 14.0 Å². The summed E-state index contributed by atoms with van der Waals surface area (Å²) in [5, 5.41) is 6.70. The maximum atomic E-state index is 13.5. The second-order valence-electron chi connectivity index (χ2n) is 4.88. The van der Waals surface area contributed by atoms with E-state index in [1.807, 2.05) is 6.92 Å². The second-order valence-corrected chi connectivity index (χ2v) is 4.88. The molecule has 116 valence electrons. The first-order chi connectivity index (χ1) is 10.6. The first kappa shape index (κ1) is 15.9. The minimum Gasteiger partial charge on any atom is -0.350 e. The lowest BCUT2D eigenvalue weighted by atomic mass is 10.1. The van der Waals surface area contributed by atoms with Gasteiger partial charge in [-0.25, -0.2) is 9.07 Å². The molecule has 0 bridgehead atoms. The molecule has 1 heterocycles. The van der Waals surface area contributed by atoms with Gasteiger partial charge in [-0.15, -0.1) is 0 Å². The van der Waals surface area contributed by atoms with Crippen molar-refractivity contribution < 1.29 is 9.18 Å². The van der Waals surface area contributed by atoms with Gasteiger partial charge in [0.05, 0.1) is 0 Å². The Hall–Kier alpha value is -2.50. The number of aryl methyl sites for hydroxylation is 1. The molecule has 0 saturated carbocycles. The molecule has 0 spiro atoms. The van der Waals surface area contributed by atoms with Crippen molar-refractivity contribution in [2.45, 2.75) is 26.3 Å². The highest BCUT2D eigenvalue weighted by molar-refractivity contribution is 5.91. The van der Waals surface area contributed by atoms with Crippen LogP contribution in [0.4, 0.5) is 4.39 Å². The maximum absolute atomic E-state index is 13.5. The molecule has 0 aliphatic carbocycles. The van der Waals surface area contributed by atoms with Crippen LogP contribution in [0.5, 0.6) is 0 Å². The van der Waals surface area contributed by atoms with E-state index >= 15 is 0 Å². The average molecular weight is 303 g/mol. The minimum absolute atomic E-state index is 0.182. The summed E-state index contributed by atoms with van der Waals surface area (Å²) in [4.78, 5) is 23.6. The number of carbonyl (C=O) groups excluding carboxylic acids is 1. The maximum Gasteiger partial charge on any atom is 0.271 e. The molecule has 1 aromatic carbocycles. The van der Waals surface area contributed by atoms with E-state index < -0.39 is 0 Å². The van der Waals surface area contributed by atoms with Crippen molar-refractivity contribution in [1.82, 2.24) is 15.1 Å². The summed E-state index contributed by atoms with van der Waals surface area (Å²) in [6, 6.07) is 9.17. The van der Waals surface area contributed by atoms with Crippen molar-refractivity contribution in [3.63, 3.8) is 0 Å². The van der Waals surface area contributed by atoms with Gasteiger partial charge in [-0.3, -0.25) is 9.59 Å². The number of carbonyl (C=O) groups is 1. The number of rotatable bonds is 6. The molecule has 0 atom stereocenters. The first-order valence-corrected chi connectivity index (χ1v) is 7.21. The molecule has 2 rings (SSSR count). The van der Waals surface area contributed by atoms with Crippen LogP contribution < -0.4 is 10.9 Å². The molecule has 0 unspecified atom stereocenters. The van der Waals surface area contributed by atoms with Gasteiger partial charge in [0.15, 0.2) is 0 Å². The van der Waals surface area contributed by atoms with Gasteiger partial charge in [-0.2, -0.15) is 5.10 Å². The van der Waals surface area contributed by atoms with Crippen LogP contribution in [0.1, 0.15) is 29.4 Å². The molecular formula is C16H18FN3O2. The molecule has 0 saturated heterocycles. The Labute approximate surface area is 127 Å². The zero-order valence-corrected chi connectivity index (χ0v) is 12.4. The summed E-state index contributed by atoms with van der Waals surface area (Å²) in [6.07, 6.45) is 1.15. The summed E-state index contributed by atoms with van der Waals surface area (Å²) >= 11 is 0. The predicted octanol–water partition coefficient (Wildman–Crippen LogP) is 1.76. The van der Waals surface area contributed by atoms with Crippen molar-refractivity contribution in [3.8, 4) is 0 Å². The van der Waals surface area contributed by atoms with Crippen LogP contribution in [-0.4, -0.2) is 22.2 Å². The highest BCUT2D eigenvalue weighted by Crippen LogP contribution is 2.06. The largest absolute Gasteiger partial charge is 0.350 e. The van der Waals surface area contributed by atoms with Gasteiger partial charge >= 0.3 is 0 Å². The lowest BCUT2D eigenvalue weighted by Crippen LogP contribution is -2.30. The fraction of sp³-hybridized carbons (Fsp3) is 0.312. The lowest BCUT2D eigenvalue weighted by molar-refractivity contribution is 0.0946. The molecule has 0 radical (unpaired) electrons. The van der Waals surface area contributed by atoms with Crippen LogP contribution in [0, 0.1) is 5.82 Å². The van der Waals surface area contributed by atoms with Crippen molar-refractivity contribution in [3.05, 3.63) is 63.8 Å². The van der Waals surface area contributed by atoms with Gasteiger partial charge in [-0.05, 0) is 30.5 Å². The predicted molar refractivity (Wildman–Crippen MR) is 81.2 cm³/mol. The summed E-state index contributed by atoms with van der Waals surface area (Å²) in [6.45, 7) is 2.69. The lowest BCUT2D eigenvalue weighted by Gasteiger charge is -2.07. The average Bonchev–Trinajstić information content (AvgIpc) is 2.51. The van der Waals surface area contributed by atoms with Crippen molar-refractivity contribution >= 4 is 5.91 Å². The Morgan fingerprint density at radius 2 is 2.05 bits per heavy atom. The van der Waals surface area contributed by atoms with Gasteiger partial charge in [0.25, 0.3) is 11.5 Å². The van der Waals surface area contributed by atoms with Crippen LogP contribution in [0.2, 0.25) is 0 Å². The highest BCUT2D eigenvalue weighted by Gasteiger charge is 2.09. The molecular weight excluding hydrogens is 285 g/mol. The number of nitrogens with one attached hydrogen (secondary N) is 1. The molecule has 1 amide bonds. The molecule has 0 aliphatic heterocycles. The van der Waals surface area contributed by atoms with Crippen LogP contribution in [-0.2, 0) is 13.0 Å². The molecule has 0 fully saturated rings. The number of hydrogen-bond donors (Lipinski definition) is 1. The second kappa shape index (κ2) is 7.49. The smallest absolute Gasteiger partial charge is 0.271 e. The Morgan fingerprint density at radius 1 is 1.27 bits per heavy atom. The molecule has 2 aromatic rings. The summed E-state index contributed by atoms with van der Waals surface area (Å²) < 4.78 is 14.7. The van der Waals surface area contributed by atoms with E-state index in [2.05, 4.69) is 10.4 Å². The molecule has 5 nitrogen and oxygen atoms in total. The van der Waals surface area contributed by atoms with Gasteiger partial charge in [0.1, 0.15) is 11.5 Å². The number of nitrogens with zero attached hydrogens (tertiary/aromatic N) is 2. The monoisotopic (exact) mass is 303 g/mol. The third kappa shape index (κ3) is 4.00. The topological polar surface area (TPSA) is 64.0 Å². The van der Waals surface area contributed by atoms with Crippen LogP contribution in [0.3, 0.4) is 0 Å². The van der Waals surface area contributed by atoms with E-state index in [0.717, 1.165) is 6.42 Å². The van der Waals surface area contributed by atoms with Crippen LogP contribution >= 0.6 is 0 Å². The Kier molecular flexibility index (Phi) is 5.41.